The van der Waals surface area contributed by atoms with Crippen molar-refractivity contribution in [1.29, 1.82) is 0 Å². The summed E-state index contributed by atoms with van der Waals surface area (Å²) in [6.45, 7) is 2.42. The second-order valence-corrected chi connectivity index (χ2v) is 6.22. The Kier molecular flexibility index (Phi) is 4.88. The number of ether oxygens (including phenoxy) is 1. The maximum absolute atomic E-state index is 12.8. The highest BCUT2D eigenvalue weighted by molar-refractivity contribution is 6.33. The molecule has 7 heteroatoms. The average molecular weight is 354 g/mol. The standard InChI is InChI=1S/C19H22N4O3/c1-5-13-11-21-17-15(18(24)23(3)19(25)22(17)2)16(13)20-10-12-7-6-8-14(9-12)26-4/h6-9,11,15H,5,10H2,1-4H3. The molecule has 1 saturated heterocycles. The van der Waals surface area contributed by atoms with Gasteiger partial charge in [0.15, 0.2) is 0 Å². The first-order chi connectivity index (χ1) is 12.5. The highest BCUT2D eigenvalue weighted by Gasteiger charge is 2.45. The molecule has 3 rings (SSSR count). The van der Waals surface area contributed by atoms with Crippen molar-refractivity contribution in [3.05, 3.63) is 41.6 Å². The maximum atomic E-state index is 12.8. The van der Waals surface area contributed by atoms with Gasteiger partial charge >= 0.3 is 6.03 Å². The zero-order chi connectivity index (χ0) is 18.8. The first kappa shape index (κ1) is 17.8. The van der Waals surface area contributed by atoms with E-state index in [2.05, 4.69) is 4.99 Å². The number of carbonyl (C=O) groups excluding carboxylic acids is 2. The minimum Gasteiger partial charge on any atom is -0.497 e. The number of imide groups is 1. The summed E-state index contributed by atoms with van der Waals surface area (Å²) in [4.78, 5) is 36.6. The lowest BCUT2D eigenvalue weighted by molar-refractivity contribution is -0.128. The van der Waals surface area contributed by atoms with Gasteiger partial charge in [-0.15, -0.1) is 0 Å². The minimum atomic E-state index is -0.645. The van der Waals surface area contributed by atoms with Crippen LogP contribution in [0.1, 0.15) is 18.9 Å². The molecule has 0 bridgehead atoms. The lowest BCUT2D eigenvalue weighted by atomic mass is 9.89. The van der Waals surface area contributed by atoms with Crippen LogP contribution in [0.3, 0.4) is 0 Å². The number of hydrogen-bond donors (Lipinski definition) is 0. The van der Waals surface area contributed by atoms with Crippen LogP contribution in [-0.4, -0.2) is 54.5 Å². The van der Waals surface area contributed by atoms with E-state index in [1.807, 2.05) is 31.2 Å². The van der Waals surface area contributed by atoms with Crippen LogP contribution >= 0.6 is 0 Å². The first-order valence-electron chi connectivity index (χ1n) is 8.47. The van der Waals surface area contributed by atoms with Crippen molar-refractivity contribution in [2.75, 3.05) is 21.2 Å². The lowest BCUT2D eigenvalue weighted by Crippen LogP contribution is -2.59. The van der Waals surface area contributed by atoms with Crippen molar-refractivity contribution in [1.82, 2.24) is 9.80 Å². The van der Waals surface area contributed by atoms with Gasteiger partial charge in [0.05, 0.1) is 19.4 Å². The lowest BCUT2D eigenvalue weighted by Gasteiger charge is -2.37. The molecular formula is C19H22N4O3. The molecule has 136 valence electrons. The second-order valence-electron chi connectivity index (χ2n) is 6.22. The Bertz CT molecular complexity index is 841. The average Bonchev–Trinajstić information content (AvgIpc) is 2.68. The number of hydrogen-bond acceptors (Lipinski definition) is 5. The van der Waals surface area contributed by atoms with Crippen molar-refractivity contribution < 1.29 is 14.3 Å². The fourth-order valence-corrected chi connectivity index (χ4v) is 3.12. The molecule has 7 nitrogen and oxygen atoms in total. The third kappa shape index (κ3) is 3.00. The molecule has 1 fully saturated rings. The summed E-state index contributed by atoms with van der Waals surface area (Å²) in [6, 6.07) is 7.28. The number of rotatable bonds is 4. The Morgan fingerprint density at radius 3 is 2.69 bits per heavy atom. The van der Waals surface area contributed by atoms with Crippen LogP contribution in [0.15, 0.2) is 46.0 Å². The molecule has 3 amide bonds. The van der Waals surface area contributed by atoms with Crippen LogP contribution in [0.4, 0.5) is 4.79 Å². The number of urea groups is 1. The summed E-state index contributed by atoms with van der Waals surface area (Å²) in [5.74, 6) is 0.252. The zero-order valence-electron chi connectivity index (χ0n) is 15.4. The quantitative estimate of drug-likeness (QED) is 0.834. The summed E-state index contributed by atoms with van der Waals surface area (Å²) in [7, 11) is 4.74. The van der Waals surface area contributed by atoms with Crippen LogP contribution in [-0.2, 0) is 11.3 Å². The highest BCUT2D eigenvalue weighted by Crippen LogP contribution is 2.27. The van der Waals surface area contributed by atoms with E-state index in [4.69, 9.17) is 9.73 Å². The van der Waals surface area contributed by atoms with Gasteiger partial charge < -0.3 is 4.74 Å². The van der Waals surface area contributed by atoms with Gasteiger partial charge in [-0.3, -0.25) is 19.6 Å². The molecule has 0 saturated carbocycles. The van der Waals surface area contributed by atoms with Crippen molar-refractivity contribution >= 4 is 23.5 Å². The number of nitrogens with zero attached hydrogens (tertiary/aromatic N) is 4. The van der Waals surface area contributed by atoms with Crippen LogP contribution in [0.5, 0.6) is 5.75 Å². The molecule has 0 radical (unpaired) electrons. The smallest absolute Gasteiger partial charge is 0.331 e. The summed E-state index contributed by atoms with van der Waals surface area (Å²) >= 11 is 0. The fraction of sp³-hybridized carbons (Fsp3) is 0.368. The number of carbonyl (C=O) groups is 2. The van der Waals surface area contributed by atoms with Gasteiger partial charge in [-0.25, -0.2) is 9.79 Å². The van der Waals surface area contributed by atoms with E-state index in [-0.39, 0.29) is 11.9 Å². The Labute approximate surface area is 152 Å². The molecule has 1 atom stereocenters. The van der Waals surface area contributed by atoms with Crippen LogP contribution < -0.4 is 4.74 Å². The van der Waals surface area contributed by atoms with E-state index in [1.165, 1.54) is 11.9 Å². The molecule has 0 N–H and O–H groups in total. The number of amidine groups is 1. The van der Waals surface area contributed by atoms with E-state index in [0.29, 0.717) is 24.5 Å². The van der Waals surface area contributed by atoms with Gasteiger partial charge in [0.2, 0.25) is 5.91 Å². The minimum absolute atomic E-state index is 0.296. The van der Waals surface area contributed by atoms with Gasteiger partial charge in [-0.1, -0.05) is 19.1 Å². The first-order valence-corrected chi connectivity index (χ1v) is 8.47. The monoisotopic (exact) mass is 354 g/mol. The summed E-state index contributed by atoms with van der Waals surface area (Å²) < 4.78 is 5.25. The van der Waals surface area contributed by atoms with E-state index in [0.717, 1.165) is 21.8 Å². The van der Waals surface area contributed by atoms with Gasteiger partial charge in [0, 0.05) is 20.3 Å². The molecule has 0 aliphatic carbocycles. The maximum Gasteiger partial charge on any atom is 0.331 e. The zero-order valence-corrected chi connectivity index (χ0v) is 15.4. The molecule has 2 aliphatic rings. The fourth-order valence-electron chi connectivity index (χ4n) is 3.12. The van der Waals surface area contributed by atoms with E-state index in [1.54, 1.807) is 20.4 Å². The Morgan fingerprint density at radius 2 is 2.00 bits per heavy atom. The summed E-state index contributed by atoms with van der Waals surface area (Å²) in [5, 5.41) is 0. The van der Waals surface area contributed by atoms with Crippen LogP contribution in [0, 0.1) is 5.92 Å². The SMILES string of the molecule is CCC1=CN=C2C(C(=O)N(C)C(=O)N2C)C1=NCc1cccc(OC)c1. The molecule has 1 aromatic rings. The molecule has 2 aliphatic heterocycles. The predicted molar refractivity (Wildman–Crippen MR) is 99.4 cm³/mol. The number of allylic oxidation sites excluding steroid dienone is 1. The third-order valence-corrected chi connectivity index (χ3v) is 4.66. The Balaban J connectivity index is 1.98. The molecule has 26 heavy (non-hydrogen) atoms. The molecular weight excluding hydrogens is 332 g/mol. The normalized spacial score (nSPS) is 21.5. The predicted octanol–water partition coefficient (Wildman–Crippen LogP) is 2.48. The number of benzene rings is 1. The van der Waals surface area contributed by atoms with E-state index < -0.39 is 5.92 Å². The number of aliphatic imine (C=N–C) groups is 2. The molecule has 0 spiro atoms. The Morgan fingerprint density at radius 1 is 1.23 bits per heavy atom. The van der Waals surface area contributed by atoms with E-state index >= 15 is 0 Å². The van der Waals surface area contributed by atoms with Crippen LogP contribution in [0.25, 0.3) is 0 Å². The third-order valence-electron chi connectivity index (χ3n) is 4.66. The van der Waals surface area contributed by atoms with Gasteiger partial charge in [0.25, 0.3) is 0 Å². The van der Waals surface area contributed by atoms with E-state index in [9.17, 15) is 9.59 Å². The van der Waals surface area contributed by atoms with Crippen molar-refractivity contribution in [3.8, 4) is 5.75 Å². The van der Waals surface area contributed by atoms with Crippen molar-refractivity contribution in [2.24, 2.45) is 15.9 Å². The van der Waals surface area contributed by atoms with Gasteiger partial charge in [-0.05, 0) is 29.7 Å². The summed E-state index contributed by atoms with van der Waals surface area (Å²) in [5.41, 5.74) is 2.57. The van der Waals surface area contributed by atoms with Crippen LogP contribution in [0.2, 0.25) is 0 Å². The molecule has 0 aromatic heterocycles. The Hall–Kier alpha value is -2.96. The molecule has 2 heterocycles. The number of methoxy groups -OCH3 is 1. The van der Waals surface area contributed by atoms with Crippen molar-refractivity contribution in [3.63, 3.8) is 0 Å². The second kappa shape index (κ2) is 7.11. The highest BCUT2D eigenvalue weighted by atomic mass is 16.5. The molecule has 1 aromatic carbocycles. The van der Waals surface area contributed by atoms with Gasteiger partial charge in [0.1, 0.15) is 17.5 Å². The summed E-state index contributed by atoms with van der Waals surface area (Å²) in [6.07, 6.45) is 2.41. The topological polar surface area (TPSA) is 74.6 Å². The number of fused-ring (bicyclic) bond motifs is 1. The van der Waals surface area contributed by atoms with Gasteiger partial charge in [-0.2, -0.15) is 0 Å². The number of amides is 3. The largest absolute Gasteiger partial charge is 0.497 e. The molecule has 1 unspecified atom stereocenters. The van der Waals surface area contributed by atoms with Crippen molar-refractivity contribution in [2.45, 2.75) is 19.9 Å².